The first-order chi connectivity index (χ1) is 7.59. The fourth-order valence-electron chi connectivity index (χ4n) is 1.11. The van der Waals surface area contributed by atoms with E-state index in [4.69, 9.17) is 9.47 Å². The van der Waals surface area contributed by atoms with Gasteiger partial charge in [0, 0.05) is 0 Å². The van der Waals surface area contributed by atoms with E-state index in [9.17, 15) is 9.90 Å². The van der Waals surface area contributed by atoms with Crippen LogP contribution in [0, 0.1) is 0 Å². The van der Waals surface area contributed by atoms with Crippen molar-refractivity contribution in [2.75, 3.05) is 0 Å². The molecule has 0 heterocycles. The number of esters is 1. The van der Waals surface area contributed by atoms with E-state index in [1.165, 1.54) is 0 Å². The fourth-order valence-corrected chi connectivity index (χ4v) is 1.11. The van der Waals surface area contributed by atoms with E-state index < -0.39 is 12.3 Å². The van der Waals surface area contributed by atoms with Gasteiger partial charge in [-0.25, -0.2) is 4.79 Å². The third-order valence-corrected chi connectivity index (χ3v) is 1.83. The maximum Gasteiger partial charge on any atom is 0.363 e. The summed E-state index contributed by atoms with van der Waals surface area (Å²) in [7, 11) is 0. The zero-order valence-electron chi connectivity index (χ0n) is 9.42. The van der Waals surface area contributed by atoms with Gasteiger partial charge in [0.25, 0.3) is 6.29 Å². The van der Waals surface area contributed by atoms with Crippen molar-refractivity contribution in [3.8, 4) is 0 Å². The minimum atomic E-state index is -1.51. The molecule has 1 atom stereocenters. The number of hydrogen-bond acceptors (Lipinski definition) is 4. The van der Waals surface area contributed by atoms with Gasteiger partial charge >= 0.3 is 5.97 Å². The largest absolute Gasteiger partial charge is 0.457 e. The van der Waals surface area contributed by atoms with E-state index in [1.54, 1.807) is 13.8 Å². The molecule has 4 heteroatoms. The average Bonchev–Trinajstić information content (AvgIpc) is 2.26. The van der Waals surface area contributed by atoms with Gasteiger partial charge < -0.3 is 14.6 Å². The number of benzene rings is 1. The van der Waals surface area contributed by atoms with Gasteiger partial charge in [-0.05, 0) is 19.4 Å². The molecule has 0 radical (unpaired) electrons. The number of ether oxygens (including phenoxy) is 2. The van der Waals surface area contributed by atoms with Crippen molar-refractivity contribution in [1.29, 1.82) is 0 Å². The molecule has 4 nitrogen and oxygen atoms in total. The molecule has 0 aliphatic rings. The summed E-state index contributed by atoms with van der Waals surface area (Å²) in [5.74, 6) is -0.766. The van der Waals surface area contributed by atoms with Gasteiger partial charge in [0.05, 0.1) is 6.10 Å². The molecular weight excluding hydrogens is 208 g/mol. The smallest absolute Gasteiger partial charge is 0.363 e. The van der Waals surface area contributed by atoms with E-state index in [-0.39, 0.29) is 12.7 Å². The summed E-state index contributed by atoms with van der Waals surface area (Å²) < 4.78 is 9.76. The van der Waals surface area contributed by atoms with Crippen LogP contribution in [-0.2, 0) is 20.9 Å². The Morgan fingerprint density at radius 2 is 1.94 bits per heavy atom. The molecule has 0 spiro atoms. The van der Waals surface area contributed by atoms with Crippen LogP contribution in [0.3, 0.4) is 0 Å². The number of hydrogen-bond donors (Lipinski definition) is 1. The normalized spacial score (nSPS) is 12.5. The van der Waals surface area contributed by atoms with Gasteiger partial charge in [-0.1, -0.05) is 30.3 Å². The van der Waals surface area contributed by atoms with Gasteiger partial charge in [-0.15, -0.1) is 0 Å². The molecule has 1 aromatic carbocycles. The Morgan fingerprint density at radius 3 is 2.50 bits per heavy atom. The van der Waals surface area contributed by atoms with Crippen LogP contribution in [-0.4, -0.2) is 23.5 Å². The van der Waals surface area contributed by atoms with Gasteiger partial charge in [0.2, 0.25) is 0 Å². The molecular formula is C12H16O4. The Kier molecular flexibility index (Phi) is 4.95. The highest BCUT2D eigenvalue weighted by Gasteiger charge is 2.18. The Morgan fingerprint density at radius 1 is 1.31 bits per heavy atom. The van der Waals surface area contributed by atoms with Gasteiger partial charge in [0.1, 0.15) is 6.61 Å². The van der Waals surface area contributed by atoms with Crippen LogP contribution in [0.4, 0.5) is 0 Å². The lowest BCUT2D eigenvalue weighted by molar-refractivity contribution is -0.190. The summed E-state index contributed by atoms with van der Waals surface area (Å²) in [5, 5.41) is 9.27. The SMILES string of the molecule is CC(C)O[C@@H](O)C(=O)OCc1ccccc1. The summed E-state index contributed by atoms with van der Waals surface area (Å²) >= 11 is 0. The monoisotopic (exact) mass is 224 g/mol. The number of aliphatic hydroxyl groups is 1. The van der Waals surface area contributed by atoms with Crippen LogP contribution in [0.25, 0.3) is 0 Å². The second-order valence-corrected chi connectivity index (χ2v) is 3.63. The Balaban J connectivity index is 2.35. The molecule has 0 unspecified atom stereocenters. The molecule has 1 N–H and O–H groups in total. The summed E-state index contributed by atoms with van der Waals surface area (Å²) in [4.78, 5) is 11.3. The maximum atomic E-state index is 11.3. The summed E-state index contributed by atoms with van der Waals surface area (Å²) in [6.45, 7) is 3.60. The highest BCUT2D eigenvalue weighted by Crippen LogP contribution is 2.03. The Labute approximate surface area is 94.8 Å². The minimum Gasteiger partial charge on any atom is -0.457 e. The molecule has 0 aliphatic heterocycles. The number of aliphatic hydroxyl groups excluding tert-OH is 1. The number of rotatable bonds is 5. The van der Waals surface area contributed by atoms with Crippen molar-refractivity contribution in [3.63, 3.8) is 0 Å². The molecule has 0 aromatic heterocycles. The van der Waals surface area contributed by atoms with Crippen molar-refractivity contribution in [2.45, 2.75) is 32.8 Å². The molecule has 1 rings (SSSR count). The number of carbonyl (C=O) groups excluding carboxylic acids is 1. The molecule has 88 valence electrons. The molecule has 0 aliphatic carbocycles. The van der Waals surface area contributed by atoms with Crippen molar-refractivity contribution < 1.29 is 19.4 Å². The molecule has 0 amide bonds. The topological polar surface area (TPSA) is 55.8 Å². The summed E-state index contributed by atoms with van der Waals surface area (Å²) in [6.07, 6.45) is -1.73. The lowest BCUT2D eigenvalue weighted by Crippen LogP contribution is -2.28. The average molecular weight is 224 g/mol. The predicted molar refractivity (Wildman–Crippen MR) is 58.5 cm³/mol. The molecule has 1 aromatic rings. The van der Waals surface area contributed by atoms with Crippen molar-refractivity contribution in [3.05, 3.63) is 35.9 Å². The summed E-state index contributed by atoms with van der Waals surface area (Å²) in [6, 6.07) is 9.25. The first kappa shape index (κ1) is 12.7. The third-order valence-electron chi connectivity index (χ3n) is 1.83. The van der Waals surface area contributed by atoms with Crippen LogP contribution < -0.4 is 0 Å². The molecule has 16 heavy (non-hydrogen) atoms. The lowest BCUT2D eigenvalue weighted by atomic mass is 10.2. The molecule has 0 fully saturated rings. The van der Waals surface area contributed by atoms with Crippen molar-refractivity contribution in [1.82, 2.24) is 0 Å². The lowest BCUT2D eigenvalue weighted by Gasteiger charge is -2.13. The minimum absolute atomic E-state index is 0.137. The first-order valence-corrected chi connectivity index (χ1v) is 5.13. The highest BCUT2D eigenvalue weighted by molar-refractivity contribution is 5.72. The second-order valence-electron chi connectivity index (χ2n) is 3.63. The van der Waals surface area contributed by atoms with E-state index in [0.29, 0.717) is 0 Å². The summed E-state index contributed by atoms with van der Waals surface area (Å²) in [5.41, 5.74) is 0.868. The standard InChI is InChI=1S/C12H16O4/c1-9(2)16-12(14)11(13)15-8-10-6-4-3-5-7-10/h3-7,9,12,14H,8H2,1-2H3/t12-/m1/s1. The van der Waals surface area contributed by atoms with E-state index in [0.717, 1.165) is 5.56 Å². The van der Waals surface area contributed by atoms with Crippen molar-refractivity contribution >= 4 is 5.97 Å². The molecule has 0 saturated heterocycles. The van der Waals surface area contributed by atoms with Crippen LogP contribution >= 0.6 is 0 Å². The molecule has 0 bridgehead atoms. The third kappa shape index (κ3) is 4.42. The second kappa shape index (κ2) is 6.25. The fraction of sp³-hybridized carbons (Fsp3) is 0.417. The van der Waals surface area contributed by atoms with Gasteiger partial charge in [-0.2, -0.15) is 0 Å². The quantitative estimate of drug-likeness (QED) is 0.608. The zero-order chi connectivity index (χ0) is 12.0. The number of carbonyl (C=O) groups is 1. The van der Waals surface area contributed by atoms with Crippen LogP contribution in [0.5, 0.6) is 0 Å². The van der Waals surface area contributed by atoms with Gasteiger partial charge in [-0.3, -0.25) is 0 Å². The van der Waals surface area contributed by atoms with Crippen LogP contribution in [0.1, 0.15) is 19.4 Å². The van der Waals surface area contributed by atoms with E-state index >= 15 is 0 Å². The Bertz CT molecular complexity index is 321. The van der Waals surface area contributed by atoms with Crippen molar-refractivity contribution in [2.24, 2.45) is 0 Å². The van der Waals surface area contributed by atoms with E-state index in [1.807, 2.05) is 30.3 Å². The van der Waals surface area contributed by atoms with Crippen LogP contribution in [0.15, 0.2) is 30.3 Å². The first-order valence-electron chi connectivity index (χ1n) is 5.13. The van der Waals surface area contributed by atoms with Gasteiger partial charge in [0.15, 0.2) is 0 Å². The Hall–Kier alpha value is -1.39. The highest BCUT2D eigenvalue weighted by atomic mass is 16.7. The predicted octanol–water partition coefficient (Wildman–Crippen LogP) is 1.47. The maximum absolute atomic E-state index is 11.3. The van der Waals surface area contributed by atoms with E-state index in [2.05, 4.69) is 0 Å². The zero-order valence-corrected chi connectivity index (χ0v) is 9.42. The van der Waals surface area contributed by atoms with Crippen LogP contribution in [0.2, 0.25) is 0 Å². The molecule has 0 saturated carbocycles.